The predicted octanol–water partition coefficient (Wildman–Crippen LogP) is 0.782. The van der Waals surface area contributed by atoms with Crippen molar-refractivity contribution < 1.29 is 13.9 Å². The van der Waals surface area contributed by atoms with Gasteiger partial charge in [0, 0.05) is 6.42 Å². The van der Waals surface area contributed by atoms with Gasteiger partial charge in [0.05, 0.1) is 19.0 Å². The third-order valence-corrected chi connectivity index (χ3v) is 3.99. The molecule has 6 nitrogen and oxygen atoms in total. The van der Waals surface area contributed by atoms with E-state index >= 15 is 0 Å². The molecule has 3 rings (SSSR count). The number of aliphatic hydroxyl groups excluding tert-OH is 1. The van der Waals surface area contributed by atoms with Crippen molar-refractivity contribution in [2.45, 2.75) is 30.7 Å². The number of imidazole rings is 1. The molecule has 2 heterocycles. The normalized spacial score (nSPS) is 34.4. The van der Waals surface area contributed by atoms with Crippen LogP contribution in [-0.4, -0.2) is 42.6 Å². The van der Waals surface area contributed by atoms with Gasteiger partial charge < -0.3 is 15.4 Å². The zero-order chi connectivity index (χ0) is 13.8. The molecular formula is C11H13F2N5O. The number of aliphatic hydroxyl groups is 1. The van der Waals surface area contributed by atoms with E-state index in [1.54, 1.807) is 0 Å². The molecule has 19 heavy (non-hydrogen) atoms. The van der Waals surface area contributed by atoms with Gasteiger partial charge in [-0.3, -0.25) is 0 Å². The molecule has 0 spiro atoms. The maximum absolute atomic E-state index is 14.5. The van der Waals surface area contributed by atoms with Gasteiger partial charge in [0.25, 0.3) is 0 Å². The molecule has 1 fully saturated rings. The van der Waals surface area contributed by atoms with Crippen molar-refractivity contribution in [2.75, 3.05) is 12.3 Å². The van der Waals surface area contributed by atoms with Crippen molar-refractivity contribution in [3.05, 3.63) is 12.7 Å². The first-order valence-electron chi connectivity index (χ1n) is 5.82. The molecule has 1 aliphatic carbocycles. The fraction of sp³-hybridized carbons (Fsp3) is 0.545. The summed E-state index contributed by atoms with van der Waals surface area (Å²) in [6, 6.07) is -0.774. The van der Waals surface area contributed by atoms with Crippen LogP contribution >= 0.6 is 0 Å². The van der Waals surface area contributed by atoms with Gasteiger partial charge in [-0.15, -0.1) is 0 Å². The smallest absolute Gasteiger partial charge is 0.171 e. The Morgan fingerprint density at radius 3 is 2.84 bits per heavy atom. The topological polar surface area (TPSA) is 89.9 Å². The quantitative estimate of drug-likeness (QED) is 0.841. The number of rotatable bonds is 2. The summed E-state index contributed by atoms with van der Waals surface area (Å²) in [6.45, 7) is 0.286. The van der Waals surface area contributed by atoms with Gasteiger partial charge >= 0.3 is 0 Å². The largest absolute Gasteiger partial charge is 0.393 e. The van der Waals surface area contributed by atoms with Crippen LogP contribution in [0.4, 0.5) is 14.6 Å². The highest BCUT2D eigenvalue weighted by atomic mass is 19.2. The lowest BCUT2D eigenvalue weighted by atomic mass is 9.65. The minimum atomic E-state index is -2.23. The molecule has 1 aliphatic rings. The Balaban J connectivity index is 2.06. The Morgan fingerprint density at radius 2 is 2.21 bits per heavy atom. The molecule has 8 heteroatoms. The fourth-order valence-corrected chi connectivity index (χ4v) is 2.54. The van der Waals surface area contributed by atoms with Crippen molar-refractivity contribution in [3.8, 4) is 0 Å². The van der Waals surface area contributed by atoms with Gasteiger partial charge in [-0.05, 0) is 6.92 Å². The molecule has 0 aliphatic heterocycles. The Bertz CT molecular complexity index is 643. The number of fused-ring (bicyclic) bond motifs is 1. The number of anilines is 1. The second-order valence-electron chi connectivity index (χ2n) is 5.00. The van der Waals surface area contributed by atoms with Crippen LogP contribution in [0.25, 0.3) is 11.2 Å². The van der Waals surface area contributed by atoms with E-state index in [0.29, 0.717) is 11.2 Å². The van der Waals surface area contributed by atoms with Crippen LogP contribution < -0.4 is 5.73 Å². The fourth-order valence-electron chi connectivity index (χ4n) is 2.54. The van der Waals surface area contributed by atoms with Crippen LogP contribution in [0.5, 0.6) is 0 Å². The van der Waals surface area contributed by atoms with Gasteiger partial charge in [-0.1, -0.05) is 0 Å². The average molecular weight is 269 g/mol. The van der Waals surface area contributed by atoms with Gasteiger partial charge in [0.1, 0.15) is 11.8 Å². The Morgan fingerprint density at radius 1 is 1.47 bits per heavy atom. The Hall–Kier alpha value is -1.83. The molecule has 0 amide bonds. The van der Waals surface area contributed by atoms with Crippen molar-refractivity contribution in [3.63, 3.8) is 0 Å². The molecule has 0 radical (unpaired) electrons. The molecule has 3 atom stereocenters. The van der Waals surface area contributed by atoms with E-state index in [0.717, 1.165) is 6.92 Å². The first-order chi connectivity index (χ1) is 8.90. The number of alkyl halides is 2. The van der Waals surface area contributed by atoms with Crippen LogP contribution in [0.15, 0.2) is 12.7 Å². The molecule has 0 aromatic carbocycles. The highest BCUT2D eigenvalue weighted by Crippen LogP contribution is 2.55. The van der Waals surface area contributed by atoms with E-state index in [4.69, 9.17) is 10.8 Å². The average Bonchev–Trinajstić information content (AvgIpc) is 2.80. The van der Waals surface area contributed by atoms with Gasteiger partial charge in [-0.2, -0.15) is 0 Å². The lowest BCUT2D eigenvalue weighted by Gasteiger charge is -2.52. The first kappa shape index (κ1) is 12.2. The molecule has 2 aromatic heterocycles. The standard InChI is InChI=1S/C11H13F2N5O/c1-10(12)6(2-11(10,13)3-19)18-5-17-7-8(14)15-4-16-9(7)18/h4-6,19H,2-3H2,1H3,(H2,14,15,16)/t6-,10+,11+/m1/s1. The Kier molecular flexibility index (Phi) is 2.31. The van der Waals surface area contributed by atoms with Crippen LogP contribution in [0, 0.1) is 0 Å². The summed E-state index contributed by atoms with van der Waals surface area (Å²) >= 11 is 0. The molecule has 3 N–H and O–H groups in total. The summed E-state index contributed by atoms with van der Waals surface area (Å²) in [6.07, 6.45) is 2.49. The van der Waals surface area contributed by atoms with E-state index in [1.165, 1.54) is 17.2 Å². The molecule has 102 valence electrons. The number of nitrogens with two attached hydrogens (primary N) is 1. The highest BCUT2D eigenvalue weighted by Gasteiger charge is 2.66. The lowest BCUT2D eigenvalue weighted by molar-refractivity contribution is -0.176. The predicted molar refractivity (Wildman–Crippen MR) is 63.8 cm³/mol. The van der Waals surface area contributed by atoms with E-state index in [1.807, 2.05) is 0 Å². The first-order valence-corrected chi connectivity index (χ1v) is 5.82. The number of nitrogen functional groups attached to an aromatic ring is 1. The summed E-state index contributed by atoms with van der Waals surface area (Å²) < 4.78 is 29.9. The van der Waals surface area contributed by atoms with Crippen LogP contribution in [0.2, 0.25) is 0 Å². The van der Waals surface area contributed by atoms with E-state index < -0.39 is 24.0 Å². The maximum Gasteiger partial charge on any atom is 0.171 e. The van der Waals surface area contributed by atoms with Crippen molar-refractivity contribution in [1.29, 1.82) is 0 Å². The summed E-state index contributed by atoms with van der Waals surface area (Å²) in [4.78, 5) is 11.8. The third-order valence-electron chi connectivity index (χ3n) is 3.99. The zero-order valence-electron chi connectivity index (χ0n) is 10.2. The number of halogens is 2. The second kappa shape index (κ2) is 3.60. The molecule has 2 aromatic rings. The minimum Gasteiger partial charge on any atom is -0.393 e. The van der Waals surface area contributed by atoms with E-state index in [9.17, 15) is 8.78 Å². The second-order valence-corrected chi connectivity index (χ2v) is 5.00. The zero-order valence-corrected chi connectivity index (χ0v) is 10.2. The van der Waals surface area contributed by atoms with Gasteiger partial charge in [0.15, 0.2) is 22.8 Å². The molecule has 0 saturated heterocycles. The number of nitrogens with zero attached hydrogens (tertiary/aromatic N) is 4. The summed E-state index contributed by atoms with van der Waals surface area (Å²) in [7, 11) is 0. The monoisotopic (exact) mass is 269 g/mol. The van der Waals surface area contributed by atoms with Crippen molar-refractivity contribution in [1.82, 2.24) is 19.5 Å². The van der Waals surface area contributed by atoms with Gasteiger partial charge in [0.2, 0.25) is 0 Å². The van der Waals surface area contributed by atoms with Gasteiger partial charge in [-0.25, -0.2) is 23.7 Å². The lowest BCUT2D eigenvalue weighted by Crippen LogP contribution is -2.64. The minimum absolute atomic E-state index is 0.133. The molecule has 1 saturated carbocycles. The number of hydrogen-bond acceptors (Lipinski definition) is 5. The highest BCUT2D eigenvalue weighted by molar-refractivity contribution is 5.81. The molecule has 0 unspecified atom stereocenters. The summed E-state index contributed by atoms with van der Waals surface area (Å²) in [5.74, 6) is 0.192. The van der Waals surface area contributed by atoms with Crippen LogP contribution in [0.3, 0.4) is 0 Å². The van der Waals surface area contributed by atoms with Crippen molar-refractivity contribution in [2.24, 2.45) is 0 Å². The van der Waals surface area contributed by atoms with Crippen LogP contribution in [0.1, 0.15) is 19.4 Å². The van der Waals surface area contributed by atoms with Crippen LogP contribution in [-0.2, 0) is 0 Å². The molecular weight excluding hydrogens is 256 g/mol. The summed E-state index contributed by atoms with van der Waals surface area (Å²) in [5, 5.41) is 8.97. The van der Waals surface area contributed by atoms with E-state index in [-0.39, 0.29) is 12.2 Å². The van der Waals surface area contributed by atoms with E-state index in [2.05, 4.69) is 15.0 Å². The van der Waals surface area contributed by atoms with Crippen molar-refractivity contribution >= 4 is 17.0 Å². The maximum atomic E-state index is 14.5. The number of aromatic nitrogens is 4. The number of hydrogen-bond donors (Lipinski definition) is 2. The molecule has 0 bridgehead atoms. The summed E-state index contributed by atoms with van der Waals surface area (Å²) in [5.41, 5.74) is 1.95. The SMILES string of the molecule is C[C@]1(F)[C@H](n2cnc3c(N)ncnc32)C[C@]1(F)CO. The third kappa shape index (κ3) is 1.40. The Labute approximate surface area is 107 Å².